The first-order valence-electron chi connectivity index (χ1n) is 11.1. The maximum atomic E-state index is 4.57. The van der Waals surface area contributed by atoms with Crippen LogP contribution in [0.15, 0.2) is 36.5 Å². The number of fused-ring (bicyclic) bond motifs is 1. The molecule has 29 heavy (non-hydrogen) atoms. The summed E-state index contributed by atoms with van der Waals surface area (Å²) in [6.07, 6.45) is 8.68. The second kappa shape index (κ2) is 7.48. The van der Waals surface area contributed by atoms with E-state index in [0.29, 0.717) is 5.54 Å². The Hall–Kier alpha value is -2.34. The molecule has 0 amide bonds. The zero-order valence-corrected chi connectivity index (χ0v) is 17.7. The molecule has 0 radical (unpaired) electrons. The fraction of sp³-hybridized carbons (Fsp3) is 0.565. The van der Waals surface area contributed by atoms with Gasteiger partial charge in [0.15, 0.2) is 5.82 Å². The van der Waals surface area contributed by atoms with Gasteiger partial charge in [0.1, 0.15) is 0 Å². The van der Waals surface area contributed by atoms with E-state index in [9.17, 15) is 0 Å². The highest BCUT2D eigenvalue weighted by atomic mass is 15.4. The zero-order chi connectivity index (χ0) is 19.8. The molecule has 0 N–H and O–H groups in total. The van der Waals surface area contributed by atoms with E-state index in [1.807, 2.05) is 0 Å². The average molecular weight is 393 g/mol. The number of piperidine rings is 2. The predicted molar refractivity (Wildman–Crippen MR) is 117 cm³/mol. The lowest BCUT2D eigenvalue weighted by Gasteiger charge is -2.48. The van der Waals surface area contributed by atoms with Gasteiger partial charge < -0.3 is 9.47 Å². The molecule has 4 heterocycles. The van der Waals surface area contributed by atoms with Crippen LogP contribution in [0.1, 0.15) is 44.9 Å². The van der Waals surface area contributed by atoms with Crippen molar-refractivity contribution in [2.45, 2.75) is 51.1 Å². The summed E-state index contributed by atoms with van der Waals surface area (Å²) in [5.41, 5.74) is 1.59. The topological polar surface area (TPSA) is 42.1 Å². The van der Waals surface area contributed by atoms with Crippen molar-refractivity contribution in [1.82, 2.24) is 24.2 Å². The van der Waals surface area contributed by atoms with Crippen LogP contribution in [0.5, 0.6) is 0 Å². The number of para-hydroxylation sites is 1. The lowest BCUT2D eigenvalue weighted by Crippen LogP contribution is -2.55. The molecule has 2 fully saturated rings. The van der Waals surface area contributed by atoms with Crippen LogP contribution in [0.3, 0.4) is 0 Å². The van der Waals surface area contributed by atoms with E-state index in [2.05, 4.69) is 79.6 Å². The molecule has 0 atom stereocenters. The van der Waals surface area contributed by atoms with Crippen LogP contribution in [-0.4, -0.2) is 55.9 Å². The quantitative estimate of drug-likeness (QED) is 0.680. The summed E-state index contributed by atoms with van der Waals surface area (Å²) in [6.45, 7) is 7.88. The van der Waals surface area contributed by atoms with Crippen LogP contribution in [0.2, 0.25) is 0 Å². The van der Waals surface area contributed by atoms with Gasteiger partial charge in [-0.25, -0.2) is 0 Å². The number of hydrogen-bond donors (Lipinski definition) is 0. The predicted octanol–water partition coefficient (Wildman–Crippen LogP) is 3.66. The van der Waals surface area contributed by atoms with Crippen molar-refractivity contribution in [2.75, 3.05) is 31.1 Å². The monoisotopic (exact) mass is 392 g/mol. The van der Waals surface area contributed by atoms with Gasteiger partial charge >= 0.3 is 0 Å². The summed E-state index contributed by atoms with van der Waals surface area (Å²) >= 11 is 0. The van der Waals surface area contributed by atoms with E-state index >= 15 is 0 Å². The maximum absolute atomic E-state index is 4.57. The van der Waals surface area contributed by atoms with Gasteiger partial charge in [-0.05, 0) is 63.2 Å². The van der Waals surface area contributed by atoms with Crippen molar-refractivity contribution in [2.24, 2.45) is 7.05 Å². The second-order valence-electron chi connectivity index (χ2n) is 9.01. The van der Waals surface area contributed by atoms with Crippen LogP contribution < -0.4 is 4.90 Å². The van der Waals surface area contributed by atoms with Crippen LogP contribution >= 0.6 is 0 Å². The van der Waals surface area contributed by atoms with Crippen LogP contribution in [0, 0.1) is 0 Å². The summed E-state index contributed by atoms with van der Waals surface area (Å²) in [4.78, 5) is 5.17. The molecule has 1 aromatic carbocycles. The third kappa shape index (κ3) is 3.44. The lowest BCUT2D eigenvalue weighted by molar-refractivity contribution is 0.0590. The Morgan fingerprint density at radius 3 is 2.48 bits per heavy atom. The molecular weight excluding hydrogens is 360 g/mol. The molecule has 2 aliphatic heterocycles. The molecule has 3 aromatic rings. The molecule has 0 saturated carbocycles. The standard InChI is InChI=1S/C23H32N6/c1-23(29-13-6-3-7-14-29)11-16-27(17-12-23)22-25-24-21(26(22)2)18-28-15-10-19-8-4-5-9-20(19)28/h4-5,8-10,15H,3,6-7,11-14,16-18H2,1-2H3. The van der Waals surface area contributed by atoms with Gasteiger partial charge in [-0.3, -0.25) is 9.47 Å². The summed E-state index contributed by atoms with van der Waals surface area (Å²) in [5, 5.41) is 10.4. The van der Waals surface area contributed by atoms with Crippen molar-refractivity contribution in [3.05, 3.63) is 42.4 Å². The third-order valence-electron chi connectivity index (χ3n) is 7.18. The van der Waals surface area contributed by atoms with E-state index in [1.54, 1.807) is 0 Å². The molecule has 2 saturated heterocycles. The van der Waals surface area contributed by atoms with Crippen molar-refractivity contribution in [3.63, 3.8) is 0 Å². The Morgan fingerprint density at radius 2 is 1.69 bits per heavy atom. The Morgan fingerprint density at radius 1 is 0.931 bits per heavy atom. The second-order valence-corrected chi connectivity index (χ2v) is 9.01. The number of anilines is 1. The van der Waals surface area contributed by atoms with Crippen molar-refractivity contribution >= 4 is 16.9 Å². The Kier molecular flexibility index (Phi) is 4.82. The van der Waals surface area contributed by atoms with E-state index < -0.39 is 0 Å². The van der Waals surface area contributed by atoms with Gasteiger partial charge in [-0.15, -0.1) is 10.2 Å². The van der Waals surface area contributed by atoms with Crippen molar-refractivity contribution in [3.8, 4) is 0 Å². The fourth-order valence-corrected chi connectivity index (χ4v) is 5.13. The lowest BCUT2D eigenvalue weighted by atomic mass is 9.86. The molecular formula is C23H32N6. The van der Waals surface area contributed by atoms with Gasteiger partial charge in [-0.2, -0.15) is 0 Å². The zero-order valence-electron chi connectivity index (χ0n) is 17.7. The maximum Gasteiger partial charge on any atom is 0.227 e. The van der Waals surface area contributed by atoms with Gasteiger partial charge in [0.25, 0.3) is 0 Å². The number of aromatic nitrogens is 4. The highest BCUT2D eigenvalue weighted by molar-refractivity contribution is 5.79. The number of benzene rings is 1. The molecule has 5 rings (SSSR count). The minimum atomic E-state index is 0.350. The highest BCUT2D eigenvalue weighted by Gasteiger charge is 2.37. The highest BCUT2D eigenvalue weighted by Crippen LogP contribution is 2.32. The molecule has 0 aliphatic carbocycles. The van der Waals surface area contributed by atoms with Gasteiger partial charge in [0.2, 0.25) is 5.95 Å². The van der Waals surface area contributed by atoms with Gasteiger partial charge in [0, 0.05) is 37.4 Å². The molecule has 6 nitrogen and oxygen atoms in total. The van der Waals surface area contributed by atoms with E-state index in [0.717, 1.165) is 31.4 Å². The Balaban J connectivity index is 1.29. The average Bonchev–Trinajstić information content (AvgIpc) is 3.34. The summed E-state index contributed by atoms with van der Waals surface area (Å²) < 4.78 is 4.44. The first-order valence-corrected chi connectivity index (χ1v) is 11.1. The number of rotatable bonds is 4. The number of hydrogen-bond acceptors (Lipinski definition) is 4. The van der Waals surface area contributed by atoms with Crippen LogP contribution in [0.4, 0.5) is 5.95 Å². The molecule has 0 unspecified atom stereocenters. The first-order chi connectivity index (χ1) is 14.1. The third-order valence-corrected chi connectivity index (χ3v) is 7.18. The summed E-state index contributed by atoms with van der Waals surface area (Å²) in [5.74, 6) is 2.02. The molecule has 0 spiro atoms. The molecule has 0 bridgehead atoms. The molecule has 154 valence electrons. The molecule has 6 heteroatoms. The van der Waals surface area contributed by atoms with Crippen LogP contribution in [-0.2, 0) is 13.6 Å². The first kappa shape index (κ1) is 18.7. The summed E-state index contributed by atoms with van der Waals surface area (Å²) in [7, 11) is 2.11. The van der Waals surface area contributed by atoms with Crippen molar-refractivity contribution in [1.29, 1.82) is 0 Å². The largest absolute Gasteiger partial charge is 0.341 e. The number of likely N-dealkylation sites (tertiary alicyclic amines) is 1. The molecule has 2 aromatic heterocycles. The normalized spacial score (nSPS) is 20.4. The van der Waals surface area contributed by atoms with Crippen molar-refractivity contribution < 1.29 is 0 Å². The Labute approximate surface area is 173 Å². The van der Waals surface area contributed by atoms with Crippen LogP contribution in [0.25, 0.3) is 10.9 Å². The SMILES string of the molecule is Cn1c(Cn2ccc3ccccc32)nnc1N1CCC(C)(N2CCCCC2)CC1. The van der Waals surface area contributed by atoms with Gasteiger partial charge in [0.05, 0.1) is 6.54 Å². The van der Waals surface area contributed by atoms with E-state index in [-0.39, 0.29) is 0 Å². The Bertz CT molecular complexity index is 972. The van der Waals surface area contributed by atoms with E-state index in [4.69, 9.17) is 0 Å². The minimum absolute atomic E-state index is 0.350. The smallest absolute Gasteiger partial charge is 0.227 e. The fourth-order valence-electron chi connectivity index (χ4n) is 5.13. The van der Waals surface area contributed by atoms with Gasteiger partial charge in [-0.1, -0.05) is 24.6 Å². The van der Waals surface area contributed by atoms with E-state index in [1.165, 1.54) is 56.1 Å². The number of nitrogens with zero attached hydrogens (tertiary/aromatic N) is 6. The summed E-state index contributed by atoms with van der Waals surface area (Å²) in [6, 6.07) is 10.7. The molecule has 2 aliphatic rings. The minimum Gasteiger partial charge on any atom is -0.341 e.